The van der Waals surface area contributed by atoms with E-state index in [1.165, 1.54) is 6.42 Å². The van der Waals surface area contributed by atoms with Crippen LogP contribution in [0.25, 0.3) is 11.4 Å². The number of benzene rings is 2. The topological polar surface area (TPSA) is 69.0 Å². The number of nitrogens with one attached hydrogen (secondary N) is 1. The van der Waals surface area contributed by atoms with E-state index in [4.69, 9.17) is 4.74 Å². The Balaban J connectivity index is 1.43. The molecule has 6 heteroatoms. The number of nitrogens with zero attached hydrogens (tertiary/aromatic N) is 3. The summed E-state index contributed by atoms with van der Waals surface area (Å²) in [6.07, 6.45) is 4.50. The summed E-state index contributed by atoms with van der Waals surface area (Å²) in [5.74, 6) is 1.76. The van der Waals surface area contributed by atoms with Crippen molar-refractivity contribution in [2.45, 2.75) is 45.8 Å². The summed E-state index contributed by atoms with van der Waals surface area (Å²) in [6.45, 7) is 3.35. The third-order valence-electron chi connectivity index (χ3n) is 5.22. The highest BCUT2D eigenvalue weighted by atomic mass is 16.5. The number of aryl methyl sites for hydroxylation is 2. The Morgan fingerprint density at radius 3 is 2.83 bits per heavy atom. The third kappa shape index (κ3) is 4.71. The Morgan fingerprint density at radius 2 is 1.97 bits per heavy atom. The maximum atomic E-state index is 12.4. The van der Waals surface area contributed by atoms with Gasteiger partial charge in [-0.3, -0.25) is 4.79 Å². The Labute approximate surface area is 170 Å². The SMILES string of the molecule is Cc1ccc(-c2nnc3n2CCCCC3)cc1NC(=O)COCc1ccccc1. The number of anilines is 1. The van der Waals surface area contributed by atoms with Crippen LogP contribution in [0.15, 0.2) is 48.5 Å². The van der Waals surface area contributed by atoms with Gasteiger partial charge in [0.1, 0.15) is 12.4 Å². The Hall–Kier alpha value is -2.99. The molecule has 0 fully saturated rings. The van der Waals surface area contributed by atoms with Gasteiger partial charge in [-0.15, -0.1) is 10.2 Å². The summed E-state index contributed by atoms with van der Waals surface area (Å²) < 4.78 is 7.76. The molecular formula is C23H26N4O2. The van der Waals surface area contributed by atoms with Crippen molar-refractivity contribution in [3.63, 3.8) is 0 Å². The summed E-state index contributed by atoms with van der Waals surface area (Å²) in [4.78, 5) is 12.4. The van der Waals surface area contributed by atoms with E-state index < -0.39 is 0 Å². The first kappa shape index (κ1) is 19.3. The molecule has 2 aromatic carbocycles. The van der Waals surface area contributed by atoms with Crippen molar-refractivity contribution in [1.82, 2.24) is 14.8 Å². The van der Waals surface area contributed by atoms with Crippen molar-refractivity contribution < 1.29 is 9.53 Å². The Kier molecular flexibility index (Phi) is 6.00. The molecule has 0 saturated heterocycles. The lowest BCUT2D eigenvalue weighted by atomic mass is 10.1. The van der Waals surface area contributed by atoms with Crippen LogP contribution in [0.3, 0.4) is 0 Å². The van der Waals surface area contributed by atoms with E-state index in [1.54, 1.807) is 0 Å². The first-order valence-corrected chi connectivity index (χ1v) is 10.2. The van der Waals surface area contributed by atoms with Crippen LogP contribution in [0.4, 0.5) is 5.69 Å². The number of hydrogen-bond donors (Lipinski definition) is 1. The molecule has 1 aliphatic heterocycles. The van der Waals surface area contributed by atoms with Crippen LogP contribution in [-0.2, 0) is 29.1 Å². The molecule has 6 nitrogen and oxygen atoms in total. The third-order valence-corrected chi connectivity index (χ3v) is 5.22. The molecule has 0 atom stereocenters. The van der Waals surface area contributed by atoms with Gasteiger partial charge in [0.05, 0.1) is 6.61 Å². The highest BCUT2D eigenvalue weighted by Gasteiger charge is 2.17. The molecule has 0 unspecified atom stereocenters. The van der Waals surface area contributed by atoms with Crippen molar-refractivity contribution in [3.05, 3.63) is 65.5 Å². The second-order valence-corrected chi connectivity index (χ2v) is 7.46. The fraction of sp³-hybridized carbons (Fsp3) is 0.348. The summed E-state index contributed by atoms with van der Waals surface area (Å²) in [6, 6.07) is 15.9. The fourth-order valence-corrected chi connectivity index (χ4v) is 3.62. The number of hydrogen-bond acceptors (Lipinski definition) is 4. The number of amides is 1. The van der Waals surface area contributed by atoms with Crippen LogP contribution in [0.5, 0.6) is 0 Å². The lowest BCUT2D eigenvalue weighted by Crippen LogP contribution is -2.19. The average Bonchev–Trinajstić information content (AvgIpc) is 2.98. The van der Waals surface area contributed by atoms with E-state index in [2.05, 4.69) is 20.1 Å². The van der Waals surface area contributed by atoms with Gasteiger partial charge in [0, 0.05) is 24.2 Å². The molecule has 4 rings (SSSR count). The van der Waals surface area contributed by atoms with E-state index in [0.29, 0.717) is 6.61 Å². The normalized spacial score (nSPS) is 13.6. The smallest absolute Gasteiger partial charge is 0.250 e. The van der Waals surface area contributed by atoms with Crippen molar-refractivity contribution >= 4 is 11.6 Å². The maximum absolute atomic E-state index is 12.4. The summed E-state index contributed by atoms with van der Waals surface area (Å²) in [5, 5.41) is 11.8. The lowest BCUT2D eigenvalue weighted by Gasteiger charge is -2.12. The van der Waals surface area contributed by atoms with Crippen molar-refractivity contribution in [2.24, 2.45) is 0 Å². The predicted octanol–water partition coefficient (Wildman–Crippen LogP) is 4.14. The van der Waals surface area contributed by atoms with Gasteiger partial charge in [-0.25, -0.2) is 0 Å². The number of rotatable bonds is 6. The van der Waals surface area contributed by atoms with E-state index in [-0.39, 0.29) is 12.5 Å². The minimum Gasteiger partial charge on any atom is -0.367 e. The average molecular weight is 390 g/mol. The molecule has 1 aliphatic rings. The molecular weight excluding hydrogens is 364 g/mol. The van der Waals surface area contributed by atoms with Gasteiger partial charge in [-0.2, -0.15) is 0 Å². The zero-order valence-electron chi connectivity index (χ0n) is 16.7. The molecule has 0 spiro atoms. The van der Waals surface area contributed by atoms with Gasteiger partial charge < -0.3 is 14.6 Å². The number of ether oxygens (including phenoxy) is 1. The summed E-state index contributed by atoms with van der Waals surface area (Å²) in [7, 11) is 0. The molecule has 0 radical (unpaired) electrons. The second kappa shape index (κ2) is 9.01. The van der Waals surface area contributed by atoms with Crippen LogP contribution in [0, 0.1) is 6.92 Å². The van der Waals surface area contributed by atoms with Crippen LogP contribution < -0.4 is 5.32 Å². The lowest BCUT2D eigenvalue weighted by molar-refractivity contribution is -0.121. The zero-order chi connectivity index (χ0) is 20.1. The molecule has 2 heterocycles. The van der Waals surface area contributed by atoms with Crippen molar-refractivity contribution in [1.29, 1.82) is 0 Å². The van der Waals surface area contributed by atoms with Gasteiger partial charge in [0.15, 0.2) is 5.82 Å². The van der Waals surface area contributed by atoms with Gasteiger partial charge in [-0.1, -0.05) is 48.9 Å². The van der Waals surface area contributed by atoms with E-state index in [1.807, 2.05) is 55.5 Å². The van der Waals surface area contributed by atoms with Gasteiger partial charge in [0.2, 0.25) is 5.91 Å². The molecule has 29 heavy (non-hydrogen) atoms. The molecule has 0 saturated carbocycles. The molecule has 1 amide bonds. The largest absolute Gasteiger partial charge is 0.367 e. The van der Waals surface area contributed by atoms with E-state index in [9.17, 15) is 4.79 Å². The predicted molar refractivity (Wildman–Crippen MR) is 112 cm³/mol. The monoisotopic (exact) mass is 390 g/mol. The fourth-order valence-electron chi connectivity index (χ4n) is 3.62. The minimum atomic E-state index is -0.166. The molecule has 1 N–H and O–H groups in total. The van der Waals surface area contributed by atoms with Crippen molar-refractivity contribution in [3.8, 4) is 11.4 Å². The highest BCUT2D eigenvalue weighted by molar-refractivity contribution is 5.93. The zero-order valence-corrected chi connectivity index (χ0v) is 16.7. The number of carbonyl (C=O) groups excluding carboxylic acids is 1. The maximum Gasteiger partial charge on any atom is 0.250 e. The van der Waals surface area contributed by atoms with E-state index in [0.717, 1.165) is 59.8 Å². The van der Waals surface area contributed by atoms with Crippen LogP contribution >= 0.6 is 0 Å². The van der Waals surface area contributed by atoms with E-state index >= 15 is 0 Å². The van der Waals surface area contributed by atoms with Crippen LogP contribution in [0.2, 0.25) is 0 Å². The molecule has 0 aliphatic carbocycles. The standard InChI is InChI=1S/C23H26N4O2/c1-17-11-12-19(23-26-25-21-10-6-3-7-13-27(21)23)14-20(17)24-22(28)16-29-15-18-8-4-2-5-9-18/h2,4-5,8-9,11-12,14H,3,6-7,10,13,15-16H2,1H3,(H,24,28). The Morgan fingerprint density at radius 1 is 1.10 bits per heavy atom. The minimum absolute atomic E-state index is 0.0128. The number of carbonyl (C=O) groups is 1. The van der Waals surface area contributed by atoms with Crippen LogP contribution in [0.1, 0.15) is 36.2 Å². The number of fused-ring (bicyclic) bond motifs is 1. The second-order valence-electron chi connectivity index (χ2n) is 7.46. The molecule has 1 aromatic heterocycles. The summed E-state index contributed by atoms with van der Waals surface area (Å²) >= 11 is 0. The molecule has 3 aromatic rings. The van der Waals surface area contributed by atoms with Gasteiger partial charge >= 0.3 is 0 Å². The number of aromatic nitrogens is 3. The van der Waals surface area contributed by atoms with Gasteiger partial charge in [-0.05, 0) is 37.0 Å². The van der Waals surface area contributed by atoms with Gasteiger partial charge in [0.25, 0.3) is 0 Å². The highest BCUT2D eigenvalue weighted by Crippen LogP contribution is 2.27. The van der Waals surface area contributed by atoms with Crippen molar-refractivity contribution in [2.75, 3.05) is 11.9 Å². The first-order valence-electron chi connectivity index (χ1n) is 10.2. The Bertz CT molecular complexity index is 982. The quantitative estimate of drug-likeness (QED) is 0.687. The first-order chi connectivity index (χ1) is 14.2. The molecule has 150 valence electrons. The molecule has 0 bridgehead atoms. The van der Waals surface area contributed by atoms with Crippen LogP contribution in [-0.4, -0.2) is 27.3 Å². The summed E-state index contributed by atoms with van der Waals surface area (Å²) in [5.41, 5.74) is 3.80.